The van der Waals surface area contributed by atoms with E-state index in [2.05, 4.69) is 32.9 Å². The van der Waals surface area contributed by atoms with Gasteiger partial charge in [-0.15, -0.1) is 0 Å². The van der Waals surface area contributed by atoms with Crippen LogP contribution in [0, 0.1) is 0 Å². The van der Waals surface area contributed by atoms with E-state index in [1.165, 1.54) is 6.33 Å². The Kier molecular flexibility index (Phi) is 5.14. The SMILES string of the molecule is CCCn1ncnc1COc1cc(Br)ccc1[C@H](C)O. The molecule has 0 bridgehead atoms. The summed E-state index contributed by atoms with van der Waals surface area (Å²) in [4.78, 5) is 4.20. The Morgan fingerprint density at radius 3 is 2.95 bits per heavy atom. The lowest BCUT2D eigenvalue weighted by atomic mass is 10.1. The third-order valence-corrected chi connectivity index (χ3v) is 3.41. The minimum atomic E-state index is -0.577. The summed E-state index contributed by atoms with van der Waals surface area (Å²) in [6.07, 6.45) is 1.95. The van der Waals surface area contributed by atoms with E-state index in [9.17, 15) is 5.11 Å². The first kappa shape index (κ1) is 15.0. The van der Waals surface area contributed by atoms with Gasteiger partial charge in [-0.2, -0.15) is 5.10 Å². The Bertz CT molecular complexity index is 569. The highest BCUT2D eigenvalue weighted by Gasteiger charge is 2.11. The fourth-order valence-corrected chi connectivity index (χ4v) is 2.26. The van der Waals surface area contributed by atoms with Gasteiger partial charge in [0.05, 0.1) is 6.10 Å². The van der Waals surface area contributed by atoms with E-state index in [4.69, 9.17) is 4.74 Å². The molecule has 0 fully saturated rings. The fourth-order valence-electron chi connectivity index (χ4n) is 1.92. The predicted molar refractivity (Wildman–Crippen MR) is 79.4 cm³/mol. The number of halogens is 1. The molecule has 1 N–H and O–H groups in total. The maximum atomic E-state index is 9.76. The summed E-state index contributed by atoms with van der Waals surface area (Å²) in [6.45, 7) is 4.96. The Balaban J connectivity index is 2.14. The third-order valence-electron chi connectivity index (χ3n) is 2.91. The van der Waals surface area contributed by atoms with Crippen LogP contribution in [0.2, 0.25) is 0 Å². The van der Waals surface area contributed by atoms with Gasteiger partial charge in [-0.05, 0) is 25.5 Å². The molecule has 0 aliphatic heterocycles. The second-order valence-electron chi connectivity index (χ2n) is 4.55. The normalized spacial score (nSPS) is 12.4. The molecule has 108 valence electrons. The van der Waals surface area contributed by atoms with Crippen molar-refractivity contribution >= 4 is 15.9 Å². The number of nitrogens with zero attached hydrogens (tertiary/aromatic N) is 3. The van der Waals surface area contributed by atoms with Crippen LogP contribution in [0.15, 0.2) is 29.0 Å². The van der Waals surface area contributed by atoms with E-state index in [1.807, 2.05) is 22.9 Å². The zero-order valence-corrected chi connectivity index (χ0v) is 13.2. The zero-order valence-electron chi connectivity index (χ0n) is 11.6. The quantitative estimate of drug-likeness (QED) is 0.878. The number of benzene rings is 1. The van der Waals surface area contributed by atoms with Gasteiger partial charge in [0.15, 0.2) is 5.82 Å². The summed E-state index contributed by atoms with van der Waals surface area (Å²) in [6, 6.07) is 5.58. The number of rotatable bonds is 6. The highest BCUT2D eigenvalue weighted by molar-refractivity contribution is 9.10. The molecule has 0 saturated heterocycles. The van der Waals surface area contributed by atoms with Gasteiger partial charge >= 0.3 is 0 Å². The van der Waals surface area contributed by atoms with Crippen molar-refractivity contribution < 1.29 is 9.84 Å². The van der Waals surface area contributed by atoms with E-state index in [0.717, 1.165) is 28.8 Å². The van der Waals surface area contributed by atoms with Gasteiger partial charge in [-0.25, -0.2) is 9.67 Å². The highest BCUT2D eigenvalue weighted by Crippen LogP contribution is 2.29. The van der Waals surface area contributed by atoms with Crippen molar-refractivity contribution in [1.29, 1.82) is 0 Å². The monoisotopic (exact) mass is 339 g/mol. The smallest absolute Gasteiger partial charge is 0.164 e. The van der Waals surface area contributed by atoms with Crippen molar-refractivity contribution in [3.63, 3.8) is 0 Å². The molecule has 0 unspecified atom stereocenters. The molecule has 0 aliphatic rings. The first-order valence-corrected chi connectivity index (χ1v) is 7.38. The lowest BCUT2D eigenvalue weighted by Crippen LogP contribution is -2.09. The van der Waals surface area contributed by atoms with Gasteiger partial charge in [0.25, 0.3) is 0 Å². The van der Waals surface area contributed by atoms with Crippen LogP contribution in [0.5, 0.6) is 5.75 Å². The Morgan fingerprint density at radius 1 is 1.45 bits per heavy atom. The minimum absolute atomic E-state index is 0.330. The van der Waals surface area contributed by atoms with Gasteiger partial charge in [0.2, 0.25) is 0 Å². The van der Waals surface area contributed by atoms with Gasteiger partial charge < -0.3 is 9.84 Å². The van der Waals surface area contributed by atoms with Crippen molar-refractivity contribution in [2.45, 2.75) is 39.5 Å². The second kappa shape index (κ2) is 6.85. The van der Waals surface area contributed by atoms with Crippen molar-refractivity contribution in [3.8, 4) is 5.75 Å². The number of ether oxygens (including phenoxy) is 1. The summed E-state index contributed by atoms with van der Waals surface area (Å²) in [7, 11) is 0. The first-order chi connectivity index (χ1) is 9.61. The molecule has 0 amide bonds. The molecule has 1 aromatic heterocycles. The van der Waals surface area contributed by atoms with Gasteiger partial charge in [0, 0.05) is 16.6 Å². The highest BCUT2D eigenvalue weighted by atomic mass is 79.9. The van der Waals surface area contributed by atoms with E-state index in [0.29, 0.717) is 12.4 Å². The van der Waals surface area contributed by atoms with Crippen molar-refractivity contribution in [2.75, 3.05) is 0 Å². The number of hydrogen-bond acceptors (Lipinski definition) is 4. The Hall–Kier alpha value is -1.40. The second-order valence-corrected chi connectivity index (χ2v) is 5.46. The van der Waals surface area contributed by atoms with E-state index in [-0.39, 0.29) is 0 Å². The summed E-state index contributed by atoms with van der Waals surface area (Å²) in [5.41, 5.74) is 0.759. The molecule has 1 heterocycles. The van der Waals surface area contributed by atoms with Crippen LogP contribution in [0.3, 0.4) is 0 Å². The molecule has 0 aliphatic carbocycles. The first-order valence-electron chi connectivity index (χ1n) is 6.58. The van der Waals surface area contributed by atoms with Crippen LogP contribution in [0.4, 0.5) is 0 Å². The van der Waals surface area contributed by atoms with E-state index >= 15 is 0 Å². The molecule has 0 radical (unpaired) electrons. The number of aryl methyl sites for hydroxylation is 1. The molecule has 20 heavy (non-hydrogen) atoms. The van der Waals surface area contributed by atoms with Crippen molar-refractivity contribution in [2.24, 2.45) is 0 Å². The van der Waals surface area contributed by atoms with E-state index in [1.54, 1.807) is 6.92 Å². The average Bonchev–Trinajstić information content (AvgIpc) is 2.84. The largest absolute Gasteiger partial charge is 0.485 e. The molecule has 0 spiro atoms. The Labute approximate surface area is 126 Å². The molecule has 6 heteroatoms. The molecular weight excluding hydrogens is 322 g/mol. The standard InChI is InChI=1S/C14H18BrN3O2/c1-3-6-18-14(16-9-17-18)8-20-13-7-11(15)4-5-12(13)10(2)19/h4-5,7,9-10,19H,3,6,8H2,1-2H3/t10-/m0/s1. The molecular formula is C14H18BrN3O2. The fraction of sp³-hybridized carbons (Fsp3) is 0.429. The van der Waals surface area contributed by atoms with Gasteiger partial charge in [-0.1, -0.05) is 28.9 Å². The minimum Gasteiger partial charge on any atom is -0.485 e. The topological polar surface area (TPSA) is 60.2 Å². The van der Waals surface area contributed by atoms with Crippen LogP contribution in [0.1, 0.15) is 37.8 Å². The molecule has 1 aromatic carbocycles. The lowest BCUT2D eigenvalue weighted by Gasteiger charge is -2.14. The lowest BCUT2D eigenvalue weighted by molar-refractivity contribution is 0.189. The molecule has 2 aromatic rings. The number of aliphatic hydroxyl groups is 1. The van der Waals surface area contributed by atoms with Gasteiger partial charge in [-0.3, -0.25) is 0 Å². The van der Waals surface area contributed by atoms with Crippen molar-refractivity contribution in [3.05, 3.63) is 40.4 Å². The molecule has 5 nitrogen and oxygen atoms in total. The van der Waals surface area contributed by atoms with Crippen molar-refractivity contribution in [1.82, 2.24) is 14.8 Å². The Morgan fingerprint density at radius 2 is 2.25 bits per heavy atom. The maximum Gasteiger partial charge on any atom is 0.164 e. The maximum absolute atomic E-state index is 9.76. The summed E-state index contributed by atoms with van der Waals surface area (Å²) in [5.74, 6) is 1.43. The number of aromatic nitrogens is 3. The van der Waals surface area contributed by atoms with Gasteiger partial charge in [0.1, 0.15) is 18.7 Å². The molecule has 0 saturated carbocycles. The summed E-state index contributed by atoms with van der Waals surface area (Å²) < 4.78 is 8.54. The van der Waals surface area contributed by atoms with Crippen LogP contribution in [-0.4, -0.2) is 19.9 Å². The number of hydrogen-bond donors (Lipinski definition) is 1. The zero-order chi connectivity index (χ0) is 14.5. The third kappa shape index (κ3) is 3.58. The van der Waals surface area contributed by atoms with Crippen LogP contribution in [0.25, 0.3) is 0 Å². The van der Waals surface area contributed by atoms with Crippen LogP contribution in [-0.2, 0) is 13.2 Å². The molecule has 2 rings (SSSR count). The number of aliphatic hydroxyl groups excluding tert-OH is 1. The summed E-state index contributed by atoms with van der Waals surface area (Å²) in [5, 5.41) is 13.9. The summed E-state index contributed by atoms with van der Waals surface area (Å²) >= 11 is 3.41. The average molecular weight is 340 g/mol. The van der Waals surface area contributed by atoms with Crippen LogP contribution < -0.4 is 4.74 Å². The molecule has 1 atom stereocenters. The predicted octanol–water partition coefficient (Wildman–Crippen LogP) is 3.08. The van der Waals surface area contributed by atoms with E-state index < -0.39 is 6.10 Å². The van der Waals surface area contributed by atoms with Crippen LogP contribution >= 0.6 is 15.9 Å².